The van der Waals surface area contributed by atoms with Gasteiger partial charge in [-0.1, -0.05) is 303 Å². The molecule has 2 aliphatic carbocycles. The fourth-order valence-electron chi connectivity index (χ4n) is 17.5. The van der Waals surface area contributed by atoms with E-state index in [0.29, 0.717) is 0 Å². The Morgan fingerprint density at radius 2 is 0.510 bits per heavy atom. The van der Waals surface area contributed by atoms with Gasteiger partial charge in [-0.25, -0.2) is 0 Å². The van der Waals surface area contributed by atoms with Crippen LogP contribution < -0.4 is 9.80 Å². The van der Waals surface area contributed by atoms with Crippen LogP contribution in [0.4, 0.5) is 34.1 Å². The van der Waals surface area contributed by atoms with E-state index < -0.39 is 10.8 Å². The lowest BCUT2D eigenvalue weighted by Gasteiger charge is -2.38. The number of hydrogen-bond donors (Lipinski definition) is 0. The Hall–Kier alpha value is -11.8. The molecule has 0 saturated heterocycles. The minimum atomic E-state index is -0.611. The third kappa shape index (κ3) is 8.25. The number of para-hydroxylation sites is 2. The Morgan fingerprint density at radius 1 is 0.229 bits per heavy atom. The lowest BCUT2D eigenvalue weighted by atomic mass is 9.66. The summed E-state index contributed by atoms with van der Waals surface area (Å²) in [5.74, 6) is 0. The number of benzene rings is 16. The number of nitrogens with zero attached hydrogens (tertiary/aromatic N) is 2. The topological polar surface area (TPSA) is 6.48 Å². The van der Waals surface area contributed by atoms with Crippen molar-refractivity contribution in [1.82, 2.24) is 0 Å². The minimum Gasteiger partial charge on any atom is -0.309 e. The Bertz CT molecular complexity index is 5240. The Morgan fingerprint density at radius 3 is 0.844 bits per heavy atom. The first-order chi connectivity index (χ1) is 47.3. The summed E-state index contributed by atoms with van der Waals surface area (Å²) in [5.41, 5.74) is 30.3. The Balaban J connectivity index is 0.951. The summed E-state index contributed by atoms with van der Waals surface area (Å²) in [6.45, 7) is 9.39. The number of rotatable bonds is 12. The maximum Gasteiger partial charge on any atom is 0.0716 e. The van der Waals surface area contributed by atoms with Crippen LogP contribution in [-0.2, 0) is 10.8 Å². The predicted octanol–water partition coefficient (Wildman–Crippen LogP) is 24.8. The van der Waals surface area contributed by atoms with E-state index in [1.807, 2.05) is 0 Å². The van der Waals surface area contributed by atoms with E-state index in [0.717, 1.165) is 45.3 Å². The van der Waals surface area contributed by atoms with E-state index in [-0.39, 0.29) is 0 Å². The van der Waals surface area contributed by atoms with Gasteiger partial charge < -0.3 is 9.80 Å². The van der Waals surface area contributed by atoms with Gasteiger partial charge in [0.15, 0.2) is 0 Å². The smallest absolute Gasteiger partial charge is 0.0716 e. The van der Waals surface area contributed by atoms with Crippen molar-refractivity contribution in [2.75, 3.05) is 9.80 Å². The van der Waals surface area contributed by atoms with Gasteiger partial charge in [-0.2, -0.15) is 0 Å². The van der Waals surface area contributed by atoms with Crippen LogP contribution in [0.1, 0.15) is 66.8 Å². The number of fused-ring (bicyclic) bond motifs is 6. The molecular formula is C94H68N2. The molecule has 0 fully saturated rings. The highest BCUT2D eigenvalue weighted by Crippen LogP contribution is 2.61. The third-order valence-electron chi connectivity index (χ3n) is 21.4. The zero-order valence-corrected chi connectivity index (χ0v) is 54.2. The summed E-state index contributed by atoms with van der Waals surface area (Å²) in [4.78, 5) is 5.21. The second-order valence-corrected chi connectivity index (χ2v) is 26.3. The van der Waals surface area contributed by atoms with Crippen LogP contribution in [0, 0.1) is 27.7 Å². The highest BCUT2D eigenvalue weighted by atomic mass is 15.2. The van der Waals surface area contributed by atoms with Crippen molar-refractivity contribution in [3.05, 3.63) is 406 Å². The van der Waals surface area contributed by atoms with Crippen molar-refractivity contribution < 1.29 is 0 Å². The summed E-state index contributed by atoms with van der Waals surface area (Å²) < 4.78 is 0. The molecule has 0 aliphatic heterocycles. The molecule has 2 aliphatic rings. The summed E-state index contributed by atoms with van der Waals surface area (Å²) in [6, 6.07) is 128. The predicted molar refractivity (Wildman–Crippen MR) is 404 cm³/mol. The fourth-order valence-corrected chi connectivity index (χ4v) is 17.5. The van der Waals surface area contributed by atoms with Crippen LogP contribution in [-0.4, -0.2) is 0 Å². The molecule has 2 nitrogen and oxygen atoms in total. The molecule has 0 N–H and O–H groups in total. The molecular weight excluding hydrogens is 1160 g/mol. The van der Waals surface area contributed by atoms with Crippen molar-refractivity contribution in [1.29, 1.82) is 0 Å². The lowest BCUT2D eigenvalue weighted by Crippen LogP contribution is -2.30. The second kappa shape index (κ2) is 22.4. The summed E-state index contributed by atoms with van der Waals surface area (Å²) in [5, 5.41) is 7.20. The molecule has 2 heteroatoms. The van der Waals surface area contributed by atoms with E-state index in [2.05, 4.69) is 377 Å². The van der Waals surface area contributed by atoms with Gasteiger partial charge in [0, 0.05) is 32.9 Å². The average molecular weight is 1230 g/mol. The van der Waals surface area contributed by atoms with Crippen LogP contribution in [0.3, 0.4) is 0 Å². The summed E-state index contributed by atoms with van der Waals surface area (Å²) in [7, 11) is 0. The van der Waals surface area contributed by atoms with Crippen LogP contribution >= 0.6 is 0 Å². The molecule has 18 rings (SSSR count). The van der Waals surface area contributed by atoms with Crippen molar-refractivity contribution in [3.8, 4) is 44.5 Å². The summed E-state index contributed by atoms with van der Waals surface area (Å²) in [6.07, 6.45) is 0. The minimum absolute atomic E-state index is 0.611. The van der Waals surface area contributed by atoms with Gasteiger partial charge in [-0.3, -0.25) is 0 Å². The largest absolute Gasteiger partial charge is 0.309 e. The van der Waals surface area contributed by atoms with Gasteiger partial charge in [0.05, 0.1) is 33.6 Å². The molecule has 16 aromatic carbocycles. The molecule has 0 amide bonds. The second-order valence-electron chi connectivity index (χ2n) is 26.3. The van der Waals surface area contributed by atoms with Crippen molar-refractivity contribution in [2.45, 2.75) is 38.5 Å². The number of aryl methyl sites for hydroxylation is 2. The molecule has 0 atom stereocenters. The van der Waals surface area contributed by atoms with Crippen LogP contribution in [0.15, 0.2) is 340 Å². The normalized spacial score (nSPS) is 13.2. The standard InChI is InChI=1S/C94H68N2/c1-61-51-57-81(93(67-35-15-7-16-36-67)83-47-27-23-43-71(83)72-44-24-28-48-84(72)93)63(3)91(61)95(69-39-19-9-20-40-69)87-59-79(65-31-11-5-12-32-65)75-54-56-78-88(60-80(66-33-13-6-14-34-66)76-53-55-77(87)89(75)90(76)78)96(70-41-21-10-22-42-70)92-62(2)52-58-82(64(92)4)94(68-37-17-8-18-38-68)85-49-29-25-45-73(85)74-46-26-30-50-86(74)94/h5-60H,1-4H3. The highest BCUT2D eigenvalue weighted by molar-refractivity contribution is 6.32. The molecule has 0 saturated carbocycles. The first-order valence-corrected chi connectivity index (χ1v) is 33.7. The fraction of sp³-hybridized carbons (Fsp3) is 0.0638. The van der Waals surface area contributed by atoms with E-state index in [1.54, 1.807) is 0 Å². The number of hydrogen-bond acceptors (Lipinski definition) is 2. The Labute approximate surface area is 562 Å². The average Bonchev–Trinajstić information content (AvgIpc) is 1.36. The quantitative estimate of drug-likeness (QED) is 0.113. The maximum atomic E-state index is 2.60. The molecule has 0 spiro atoms. The van der Waals surface area contributed by atoms with Gasteiger partial charge in [0.25, 0.3) is 0 Å². The van der Waals surface area contributed by atoms with Crippen LogP contribution in [0.5, 0.6) is 0 Å². The molecule has 454 valence electrons. The molecule has 0 heterocycles. The van der Waals surface area contributed by atoms with Crippen molar-refractivity contribution in [3.63, 3.8) is 0 Å². The van der Waals surface area contributed by atoms with Gasteiger partial charge >= 0.3 is 0 Å². The molecule has 0 aromatic heterocycles. The van der Waals surface area contributed by atoms with Gasteiger partial charge in [-0.15, -0.1) is 0 Å². The monoisotopic (exact) mass is 1220 g/mol. The van der Waals surface area contributed by atoms with E-state index in [4.69, 9.17) is 0 Å². The lowest BCUT2D eigenvalue weighted by molar-refractivity contribution is 0.760. The van der Waals surface area contributed by atoms with Crippen molar-refractivity contribution >= 4 is 66.4 Å². The van der Waals surface area contributed by atoms with Crippen LogP contribution in [0.25, 0.3) is 76.8 Å². The van der Waals surface area contributed by atoms with E-state index in [9.17, 15) is 0 Å². The highest BCUT2D eigenvalue weighted by Gasteiger charge is 2.49. The SMILES string of the molecule is Cc1ccc(C2(c3ccccc3)c3ccccc3-c3ccccc32)c(C)c1N(c1ccccc1)c1cc(-c2ccccc2)c2ccc3c(N(c4ccccc4)c4c(C)ccc(C5(c6ccccc6)c6ccccc6-c6ccccc65)c4C)cc(-c4ccccc4)c4ccc1c2c43. The third-order valence-corrected chi connectivity index (χ3v) is 21.4. The first kappa shape index (κ1) is 56.9. The zero-order valence-electron chi connectivity index (χ0n) is 54.2. The zero-order chi connectivity index (χ0) is 64.2. The first-order valence-electron chi connectivity index (χ1n) is 33.7. The maximum absolute atomic E-state index is 2.60. The number of anilines is 6. The van der Waals surface area contributed by atoms with E-state index >= 15 is 0 Å². The summed E-state index contributed by atoms with van der Waals surface area (Å²) >= 11 is 0. The van der Waals surface area contributed by atoms with E-state index in [1.165, 1.54) is 132 Å². The molecule has 0 bridgehead atoms. The molecule has 0 unspecified atom stereocenters. The van der Waals surface area contributed by atoms with Crippen LogP contribution in [0.2, 0.25) is 0 Å². The Kier molecular flexibility index (Phi) is 13.3. The molecule has 96 heavy (non-hydrogen) atoms. The van der Waals surface area contributed by atoms with Crippen molar-refractivity contribution in [2.24, 2.45) is 0 Å². The van der Waals surface area contributed by atoms with Gasteiger partial charge in [0.2, 0.25) is 0 Å². The molecule has 16 aromatic rings. The molecule has 0 radical (unpaired) electrons. The van der Waals surface area contributed by atoms with Gasteiger partial charge in [-0.05, 0) is 186 Å². The van der Waals surface area contributed by atoms with Gasteiger partial charge in [0.1, 0.15) is 0 Å².